The Bertz CT molecular complexity index is 937. The lowest BCUT2D eigenvalue weighted by Crippen LogP contribution is -2.20. The maximum atomic E-state index is 13.0. The van der Waals surface area contributed by atoms with Gasteiger partial charge in [0.2, 0.25) is 0 Å². The highest BCUT2D eigenvalue weighted by atomic mass is 32.1. The lowest BCUT2D eigenvalue weighted by Gasteiger charge is -2.17. The number of thiazole rings is 1. The van der Waals surface area contributed by atoms with Crippen molar-refractivity contribution in [1.82, 2.24) is 4.57 Å². The van der Waals surface area contributed by atoms with Gasteiger partial charge in [0.15, 0.2) is 4.80 Å². The Balaban J connectivity index is 1.69. The highest BCUT2D eigenvalue weighted by Crippen LogP contribution is 2.33. The van der Waals surface area contributed by atoms with Crippen molar-refractivity contribution < 1.29 is 4.79 Å². The molecule has 0 N–H and O–H groups in total. The second-order valence-electron chi connectivity index (χ2n) is 9.26. The van der Waals surface area contributed by atoms with Crippen molar-refractivity contribution >= 4 is 22.9 Å². The van der Waals surface area contributed by atoms with Crippen LogP contribution >= 0.6 is 11.3 Å². The fraction of sp³-hybridized carbons (Fsp3) is 0.565. The van der Waals surface area contributed by atoms with E-state index < -0.39 is 0 Å². The van der Waals surface area contributed by atoms with Gasteiger partial charge in [-0.2, -0.15) is 4.99 Å². The summed E-state index contributed by atoms with van der Waals surface area (Å²) in [6.07, 6.45) is 5.04. The minimum atomic E-state index is -0.132. The zero-order valence-corrected chi connectivity index (χ0v) is 18.3. The summed E-state index contributed by atoms with van der Waals surface area (Å²) in [7, 11) is 0. The Hall–Kier alpha value is -1.88. The number of carbonyl (C=O) groups excluding carboxylic acids is 1. The summed E-state index contributed by atoms with van der Waals surface area (Å²) >= 11 is 1.68. The van der Waals surface area contributed by atoms with Gasteiger partial charge >= 0.3 is 0 Å². The molecule has 0 bridgehead atoms. The quantitative estimate of drug-likeness (QED) is 0.735. The van der Waals surface area contributed by atoms with Crippen molar-refractivity contribution in [3.05, 3.63) is 45.2 Å². The normalized spacial score (nSPS) is 18.1. The van der Waals surface area contributed by atoms with E-state index in [1.54, 1.807) is 11.3 Å². The van der Waals surface area contributed by atoms with Crippen LogP contribution in [0.5, 0.6) is 0 Å². The first kappa shape index (κ1) is 19.4. The molecule has 1 saturated carbocycles. The third kappa shape index (κ3) is 4.09. The van der Waals surface area contributed by atoms with Gasteiger partial charge in [-0.3, -0.25) is 4.79 Å². The van der Waals surface area contributed by atoms with E-state index in [2.05, 4.69) is 48.2 Å². The van der Waals surface area contributed by atoms with Gasteiger partial charge in [0.25, 0.3) is 5.91 Å². The summed E-state index contributed by atoms with van der Waals surface area (Å²) in [6, 6.07) is 7.98. The smallest absolute Gasteiger partial charge is 0.279 e. The van der Waals surface area contributed by atoms with Crippen LogP contribution in [0.3, 0.4) is 0 Å². The molecule has 28 heavy (non-hydrogen) atoms. The molecule has 0 unspecified atom stereocenters. The van der Waals surface area contributed by atoms with E-state index in [1.807, 2.05) is 18.2 Å². The topological polar surface area (TPSA) is 37.6 Å². The molecule has 0 radical (unpaired) electrons. The number of hydrogen-bond donors (Lipinski definition) is 0. The standard InChI is InChI=1S/C23H31N3OS/c1-16-20(23(2,3)4)28-22(26(16)15-17-10-11-17)24-21(27)18-8-7-9-19(14-18)25-12-5-6-13-25/h7-9,14,17H,5-6,10-13,15H2,1-4H3. The molecular formula is C23H31N3OS. The second kappa shape index (κ2) is 7.51. The van der Waals surface area contributed by atoms with Gasteiger partial charge in [-0.15, -0.1) is 11.3 Å². The van der Waals surface area contributed by atoms with Crippen molar-refractivity contribution in [2.24, 2.45) is 10.9 Å². The van der Waals surface area contributed by atoms with Gasteiger partial charge in [0.1, 0.15) is 0 Å². The average Bonchev–Trinajstić information content (AvgIpc) is 3.19. The van der Waals surface area contributed by atoms with Crippen molar-refractivity contribution in [1.29, 1.82) is 0 Å². The number of benzene rings is 1. The second-order valence-corrected chi connectivity index (χ2v) is 10.2. The molecule has 2 aromatic rings. The van der Waals surface area contributed by atoms with Crippen molar-refractivity contribution in [2.75, 3.05) is 18.0 Å². The minimum absolute atomic E-state index is 0.0620. The summed E-state index contributed by atoms with van der Waals surface area (Å²) in [4.78, 5) is 22.1. The van der Waals surface area contributed by atoms with Crippen LogP contribution in [0.1, 0.15) is 67.4 Å². The summed E-state index contributed by atoms with van der Waals surface area (Å²) in [6.45, 7) is 12.0. The van der Waals surface area contributed by atoms with Crippen LogP contribution < -0.4 is 9.70 Å². The predicted octanol–water partition coefficient (Wildman–Crippen LogP) is 4.91. The molecule has 2 heterocycles. The Morgan fingerprint density at radius 3 is 2.57 bits per heavy atom. The van der Waals surface area contributed by atoms with E-state index in [-0.39, 0.29) is 11.3 Å². The number of hydrogen-bond acceptors (Lipinski definition) is 3. The van der Waals surface area contributed by atoms with Gasteiger partial charge in [-0.05, 0) is 62.1 Å². The molecule has 4 rings (SSSR count). The zero-order chi connectivity index (χ0) is 19.9. The highest BCUT2D eigenvalue weighted by Gasteiger charge is 2.27. The molecule has 4 nitrogen and oxygen atoms in total. The van der Waals surface area contributed by atoms with Gasteiger partial charge in [0.05, 0.1) is 0 Å². The lowest BCUT2D eigenvalue weighted by atomic mass is 9.93. The van der Waals surface area contributed by atoms with E-state index in [1.165, 1.54) is 36.3 Å². The third-order valence-electron chi connectivity index (χ3n) is 5.74. The number of amides is 1. The first-order valence-electron chi connectivity index (χ1n) is 10.5. The molecule has 2 fully saturated rings. The summed E-state index contributed by atoms with van der Waals surface area (Å²) in [5.74, 6) is 0.612. The first-order chi connectivity index (χ1) is 13.3. The van der Waals surface area contributed by atoms with Crippen LogP contribution in [0.2, 0.25) is 0 Å². The van der Waals surface area contributed by atoms with Crippen LogP contribution in [-0.2, 0) is 12.0 Å². The Labute approximate surface area is 171 Å². The maximum absolute atomic E-state index is 13.0. The zero-order valence-electron chi connectivity index (χ0n) is 17.5. The number of carbonyl (C=O) groups is 1. The third-order valence-corrected chi connectivity index (χ3v) is 7.34. The molecule has 1 aliphatic heterocycles. The predicted molar refractivity (Wildman–Crippen MR) is 116 cm³/mol. The van der Waals surface area contributed by atoms with Crippen LogP contribution in [0.4, 0.5) is 5.69 Å². The molecule has 0 spiro atoms. The fourth-order valence-electron chi connectivity index (χ4n) is 4.00. The fourth-order valence-corrected chi connectivity index (χ4v) is 5.20. The van der Waals surface area contributed by atoms with Crippen molar-refractivity contribution in [2.45, 2.75) is 65.3 Å². The Morgan fingerprint density at radius 2 is 1.93 bits per heavy atom. The average molecular weight is 398 g/mol. The Morgan fingerprint density at radius 1 is 1.21 bits per heavy atom. The van der Waals surface area contributed by atoms with Gasteiger partial charge in [-0.1, -0.05) is 26.8 Å². The van der Waals surface area contributed by atoms with E-state index in [0.29, 0.717) is 5.56 Å². The molecule has 0 atom stereocenters. The molecule has 150 valence electrons. The molecule has 5 heteroatoms. The van der Waals surface area contributed by atoms with Crippen molar-refractivity contribution in [3.8, 4) is 0 Å². The highest BCUT2D eigenvalue weighted by molar-refractivity contribution is 7.09. The molecule has 1 amide bonds. The summed E-state index contributed by atoms with van der Waals surface area (Å²) in [5, 5.41) is 0. The number of nitrogens with zero attached hydrogens (tertiary/aromatic N) is 3. The molecule has 1 saturated heterocycles. The maximum Gasteiger partial charge on any atom is 0.279 e. The number of rotatable bonds is 4. The van der Waals surface area contributed by atoms with E-state index in [0.717, 1.165) is 36.0 Å². The molecule has 1 aliphatic carbocycles. The molecule has 1 aromatic heterocycles. The molecule has 1 aromatic carbocycles. The largest absolute Gasteiger partial charge is 0.372 e. The van der Waals surface area contributed by atoms with Crippen LogP contribution in [0, 0.1) is 12.8 Å². The van der Waals surface area contributed by atoms with Crippen molar-refractivity contribution in [3.63, 3.8) is 0 Å². The number of anilines is 1. The van der Waals surface area contributed by atoms with Gasteiger partial charge in [0, 0.05) is 41.5 Å². The van der Waals surface area contributed by atoms with Crippen LogP contribution in [0.15, 0.2) is 29.3 Å². The number of aromatic nitrogens is 1. The summed E-state index contributed by atoms with van der Waals surface area (Å²) in [5.41, 5.74) is 3.15. The van der Waals surface area contributed by atoms with Crippen LogP contribution in [0.25, 0.3) is 0 Å². The van der Waals surface area contributed by atoms with E-state index in [4.69, 9.17) is 0 Å². The molecular weight excluding hydrogens is 366 g/mol. The van der Waals surface area contributed by atoms with E-state index in [9.17, 15) is 4.79 Å². The minimum Gasteiger partial charge on any atom is -0.372 e. The van der Waals surface area contributed by atoms with Crippen LogP contribution in [-0.4, -0.2) is 23.6 Å². The monoisotopic (exact) mass is 397 g/mol. The SMILES string of the molecule is Cc1c(C(C)(C)C)sc(=NC(=O)c2cccc(N3CCCC3)c2)n1CC1CC1. The first-order valence-corrected chi connectivity index (χ1v) is 11.3. The lowest BCUT2D eigenvalue weighted by molar-refractivity contribution is 0.0997. The molecule has 2 aliphatic rings. The van der Waals surface area contributed by atoms with Gasteiger partial charge in [-0.25, -0.2) is 0 Å². The van der Waals surface area contributed by atoms with Gasteiger partial charge < -0.3 is 9.47 Å². The summed E-state index contributed by atoms with van der Waals surface area (Å²) < 4.78 is 2.28. The Kier molecular flexibility index (Phi) is 5.21. The van der Waals surface area contributed by atoms with E-state index >= 15 is 0 Å².